The van der Waals surface area contributed by atoms with Gasteiger partial charge in [0.25, 0.3) is 0 Å². The molecular weight excluding hydrogens is 210 g/mol. The molecule has 0 saturated carbocycles. The van der Waals surface area contributed by atoms with Gasteiger partial charge in [-0.3, -0.25) is 0 Å². The van der Waals surface area contributed by atoms with E-state index in [9.17, 15) is 4.57 Å². The van der Waals surface area contributed by atoms with Crippen molar-refractivity contribution in [1.29, 1.82) is 0 Å². The standard InChI is InChI=1S/C11H26OP2/c1-10(2,3)13(11(4,5)6)9-14(7,8)12/h9H2,1-8H3. The van der Waals surface area contributed by atoms with Crippen molar-refractivity contribution in [1.82, 2.24) is 0 Å². The molecule has 0 aromatic rings. The second-order valence-electron chi connectivity index (χ2n) is 6.49. The molecule has 0 aliphatic heterocycles. The largest absolute Gasteiger partial charge is 0.324 e. The Balaban J connectivity index is 4.87. The summed E-state index contributed by atoms with van der Waals surface area (Å²) < 4.78 is 11.9. The maximum atomic E-state index is 11.9. The molecular formula is C11H26OP2. The molecule has 0 spiro atoms. The van der Waals surface area contributed by atoms with Crippen LogP contribution in [0.5, 0.6) is 0 Å². The zero-order valence-corrected chi connectivity index (χ0v) is 12.8. The summed E-state index contributed by atoms with van der Waals surface area (Å²) in [4.78, 5) is 0. The molecule has 0 aliphatic rings. The van der Waals surface area contributed by atoms with Crippen LogP contribution in [-0.2, 0) is 4.57 Å². The van der Waals surface area contributed by atoms with Crippen LogP contribution in [0.1, 0.15) is 41.5 Å². The van der Waals surface area contributed by atoms with E-state index in [1.807, 2.05) is 13.3 Å². The van der Waals surface area contributed by atoms with E-state index in [0.29, 0.717) is 10.3 Å². The minimum atomic E-state index is -1.89. The molecule has 0 atom stereocenters. The SMILES string of the molecule is CC(C)(C)P(CP(C)(C)=O)C(C)(C)C. The number of rotatable bonds is 2. The molecule has 0 amide bonds. The predicted molar refractivity (Wildman–Crippen MR) is 70.7 cm³/mol. The normalized spacial score (nSPS) is 14.9. The maximum absolute atomic E-state index is 11.9. The summed E-state index contributed by atoms with van der Waals surface area (Å²) in [5.74, 6) is 0.926. The van der Waals surface area contributed by atoms with E-state index in [4.69, 9.17) is 0 Å². The summed E-state index contributed by atoms with van der Waals surface area (Å²) >= 11 is 0. The van der Waals surface area contributed by atoms with Crippen molar-refractivity contribution in [2.45, 2.75) is 51.9 Å². The van der Waals surface area contributed by atoms with Crippen molar-refractivity contribution in [2.75, 3.05) is 19.2 Å². The van der Waals surface area contributed by atoms with Crippen LogP contribution in [-0.4, -0.2) is 29.5 Å². The van der Waals surface area contributed by atoms with Gasteiger partial charge in [0.1, 0.15) is 0 Å². The lowest BCUT2D eigenvalue weighted by molar-refractivity contribution is 0.584. The summed E-state index contributed by atoms with van der Waals surface area (Å²) in [6, 6.07) is 0. The second-order valence-corrected chi connectivity index (χ2v) is 14.3. The van der Waals surface area contributed by atoms with E-state index in [1.54, 1.807) is 0 Å². The predicted octanol–water partition coefficient (Wildman–Crippen LogP) is 4.65. The minimum absolute atomic E-state index is 0.194. The third-order valence-corrected chi connectivity index (χ3v) is 9.20. The van der Waals surface area contributed by atoms with E-state index in [1.165, 1.54) is 0 Å². The lowest BCUT2D eigenvalue weighted by Crippen LogP contribution is -2.26. The van der Waals surface area contributed by atoms with Crippen LogP contribution in [0.3, 0.4) is 0 Å². The van der Waals surface area contributed by atoms with E-state index in [2.05, 4.69) is 41.5 Å². The third kappa shape index (κ3) is 5.52. The average Bonchev–Trinajstić information content (AvgIpc) is 1.75. The molecule has 3 heteroatoms. The fourth-order valence-electron chi connectivity index (χ4n) is 1.77. The van der Waals surface area contributed by atoms with Gasteiger partial charge in [-0.1, -0.05) is 49.5 Å². The van der Waals surface area contributed by atoms with Crippen LogP contribution < -0.4 is 0 Å². The Kier molecular flexibility index (Phi) is 4.46. The monoisotopic (exact) mass is 236 g/mol. The first kappa shape index (κ1) is 14.7. The van der Waals surface area contributed by atoms with Crippen LogP contribution >= 0.6 is 15.1 Å². The van der Waals surface area contributed by atoms with Crippen molar-refractivity contribution in [3.8, 4) is 0 Å². The topological polar surface area (TPSA) is 17.1 Å². The van der Waals surface area contributed by atoms with Gasteiger partial charge in [-0.05, 0) is 23.6 Å². The molecule has 0 rings (SSSR count). The molecule has 1 nitrogen and oxygen atoms in total. The van der Waals surface area contributed by atoms with Gasteiger partial charge in [0.15, 0.2) is 0 Å². The Morgan fingerprint density at radius 2 is 1.21 bits per heavy atom. The lowest BCUT2D eigenvalue weighted by atomic mass is 10.2. The quantitative estimate of drug-likeness (QED) is 0.638. The molecule has 14 heavy (non-hydrogen) atoms. The fourth-order valence-corrected chi connectivity index (χ4v) is 9.90. The molecule has 0 bridgehead atoms. The van der Waals surface area contributed by atoms with Gasteiger partial charge in [0, 0.05) is 5.90 Å². The van der Waals surface area contributed by atoms with Crippen molar-refractivity contribution in [2.24, 2.45) is 0 Å². The van der Waals surface area contributed by atoms with Gasteiger partial charge >= 0.3 is 0 Å². The number of hydrogen-bond acceptors (Lipinski definition) is 1. The summed E-state index contributed by atoms with van der Waals surface area (Å²) in [5, 5.41) is 0.602. The Hall–Kier alpha value is 0.660. The van der Waals surface area contributed by atoms with E-state index >= 15 is 0 Å². The van der Waals surface area contributed by atoms with Crippen LogP contribution in [0.15, 0.2) is 0 Å². The van der Waals surface area contributed by atoms with Crippen molar-refractivity contribution < 1.29 is 4.57 Å². The third-order valence-electron chi connectivity index (χ3n) is 2.10. The molecule has 0 N–H and O–H groups in total. The molecule has 0 fully saturated rings. The first-order chi connectivity index (χ1) is 5.84. The van der Waals surface area contributed by atoms with Crippen LogP contribution in [0.4, 0.5) is 0 Å². The minimum Gasteiger partial charge on any atom is -0.324 e. The van der Waals surface area contributed by atoms with Crippen LogP contribution in [0.2, 0.25) is 0 Å². The second kappa shape index (κ2) is 4.26. The van der Waals surface area contributed by atoms with Gasteiger partial charge in [-0.15, -0.1) is 0 Å². The summed E-state index contributed by atoms with van der Waals surface area (Å²) in [6.45, 7) is 17.5. The molecule has 0 radical (unpaired) electrons. The van der Waals surface area contributed by atoms with Gasteiger partial charge < -0.3 is 4.57 Å². The first-order valence-electron chi connectivity index (χ1n) is 5.16. The zero-order valence-electron chi connectivity index (χ0n) is 11.0. The van der Waals surface area contributed by atoms with E-state index < -0.39 is 7.14 Å². The summed E-state index contributed by atoms with van der Waals surface area (Å²) in [7, 11) is -2.08. The van der Waals surface area contributed by atoms with E-state index in [-0.39, 0.29) is 7.92 Å². The van der Waals surface area contributed by atoms with Gasteiger partial charge in [-0.25, -0.2) is 0 Å². The zero-order chi connectivity index (χ0) is 11.8. The summed E-state index contributed by atoms with van der Waals surface area (Å²) in [6.07, 6.45) is 0. The van der Waals surface area contributed by atoms with Gasteiger partial charge in [0.05, 0.1) is 7.14 Å². The molecule has 0 unspecified atom stereocenters. The highest BCUT2D eigenvalue weighted by atomic mass is 31.2. The van der Waals surface area contributed by atoms with Crippen molar-refractivity contribution in [3.63, 3.8) is 0 Å². The Bertz CT molecular complexity index is 213. The smallest absolute Gasteiger partial charge is 0.0860 e. The van der Waals surface area contributed by atoms with Crippen LogP contribution in [0.25, 0.3) is 0 Å². The highest BCUT2D eigenvalue weighted by Gasteiger charge is 2.36. The molecule has 0 aromatic carbocycles. The average molecular weight is 236 g/mol. The molecule has 0 saturated heterocycles. The van der Waals surface area contributed by atoms with Gasteiger partial charge in [-0.2, -0.15) is 0 Å². The number of hydrogen-bond donors (Lipinski definition) is 0. The molecule has 0 aromatic heterocycles. The van der Waals surface area contributed by atoms with Crippen LogP contribution in [0, 0.1) is 0 Å². The Morgan fingerprint density at radius 3 is 1.29 bits per heavy atom. The van der Waals surface area contributed by atoms with Crippen molar-refractivity contribution in [3.05, 3.63) is 0 Å². The maximum Gasteiger partial charge on any atom is 0.0860 e. The molecule has 86 valence electrons. The highest BCUT2D eigenvalue weighted by molar-refractivity contribution is 7.78. The van der Waals surface area contributed by atoms with Crippen molar-refractivity contribution >= 4 is 15.1 Å². The summed E-state index contributed by atoms with van der Waals surface area (Å²) in [5.41, 5.74) is 0. The van der Waals surface area contributed by atoms with Gasteiger partial charge in [0.2, 0.25) is 0 Å². The lowest BCUT2D eigenvalue weighted by Gasteiger charge is -2.42. The highest BCUT2D eigenvalue weighted by Crippen LogP contribution is 2.65. The Labute approximate surface area is 91.2 Å². The molecule has 0 heterocycles. The molecule has 0 aliphatic carbocycles. The first-order valence-corrected chi connectivity index (χ1v) is 9.47. The fraction of sp³-hybridized carbons (Fsp3) is 1.00. The Morgan fingerprint density at radius 1 is 0.929 bits per heavy atom. The van der Waals surface area contributed by atoms with E-state index in [0.717, 1.165) is 5.90 Å².